The van der Waals surface area contributed by atoms with Gasteiger partial charge in [-0.25, -0.2) is 0 Å². The maximum absolute atomic E-state index is 9.24. The second kappa shape index (κ2) is 6.75. The molecule has 3 rings (SSSR count). The van der Waals surface area contributed by atoms with Crippen LogP contribution in [0.3, 0.4) is 0 Å². The van der Waals surface area contributed by atoms with Gasteiger partial charge in [0.05, 0.1) is 7.11 Å². The highest BCUT2D eigenvalue weighted by molar-refractivity contribution is 5.93. The van der Waals surface area contributed by atoms with Crippen LogP contribution in [0.25, 0.3) is 0 Å². The van der Waals surface area contributed by atoms with Crippen LogP contribution in [-0.2, 0) is 12.8 Å². The summed E-state index contributed by atoms with van der Waals surface area (Å²) in [7, 11) is 1.69. The fraction of sp³-hybridized carbons (Fsp3) is 0.316. The number of benzene rings is 2. The second-order valence-corrected chi connectivity index (χ2v) is 5.60. The van der Waals surface area contributed by atoms with Gasteiger partial charge in [-0.05, 0) is 48.1 Å². The Labute approximate surface area is 131 Å². The Morgan fingerprint density at radius 3 is 2.68 bits per heavy atom. The van der Waals surface area contributed by atoms with E-state index in [0.29, 0.717) is 0 Å². The molecule has 3 nitrogen and oxygen atoms in total. The number of aryl methyl sites for hydroxylation is 1. The standard InChI is InChI=1S/C19H21NO2/c1-22-16-9-7-15-8-10-19(20-13-21)18(17(15)12-16)11-14-5-3-2-4-6-14/h2-7,9,12,18,21H,8,10-11,13H2,1H3/b20-19+. The van der Waals surface area contributed by atoms with Crippen LogP contribution in [0.2, 0.25) is 0 Å². The van der Waals surface area contributed by atoms with Gasteiger partial charge in [0.15, 0.2) is 0 Å². The molecule has 0 fully saturated rings. The predicted octanol–water partition coefficient (Wildman–Crippen LogP) is 3.36. The van der Waals surface area contributed by atoms with E-state index in [1.165, 1.54) is 16.7 Å². The topological polar surface area (TPSA) is 41.8 Å². The van der Waals surface area contributed by atoms with Crippen LogP contribution in [0.5, 0.6) is 5.75 Å². The minimum absolute atomic E-state index is 0.139. The van der Waals surface area contributed by atoms with E-state index in [-0.39, 0.29) is 12.6 Å². The summed E-state index contributed by atoms with van der Waals surface area (Å²) in [6.45, 7) is -0.139. The maximum Gasteiger partial charge on any atom is 0.134 e. The zero-order chi connectivity index (χ0) is 15.4. The number of ether oxygens (including phenoxy) is 1. The second-order valence-electron chi connectivity index (χ2n) is 5.60. The van der Waals surface area contributed by atoms with Crippen molar-refractivity contribution in [3.8, 4) is 5.75 Å². The minimum atomic E-state index is -0.139. The van der Waals surface area contributed by atoms with Crippen LogP contribution in [0, 0.1) is 0 Å². The molecule has 0 heterocycles. The third-order valence-corrected chi connectivity index (χ3v) is 4.34. The number of aliphatic imine (C=N–C) groups is 1. The van der Waals surface area contributed by atoms with Crippen molar-refractivity contribution in [2.24, 2.45) is 4.99 Å². The lowest BCUT2D eigenvalue weighted by atomic mass is 9.78. The van der Waals surface area contributed by atoms with Gasteiger partial charge in [-0.3, -0.25) is 4.99 Å². The molecule has 0 spiro atoms. The molecule has 0 amide bonds. The molecule has 114 valence electrons. The normalized spacial score (nSPS) is 19.0. The number of aliphatic hydroxyl groups excluding tert-OH is 1. The molecule has 1 N–H and O–H groups in total. The molecule has 22 heavy (non-hydrogen) atoms. The van der Waals surface area contributed by atoms with Gasteiger partial charge >= 0.3 is 0 Å². The Bertz CT molecular complexity index is 664. The molecule has 0 bridgehead atoms. The maximum atomic E-state index is 9.24. The first-order chi connectivity index (χ1) is 10.8. The van der Waals surface area contributed by atoms with Gasteiger partial charge in [-0.2, -0.15) is 0 Å². The van der Waals surface area contributed by atoms with Gasteiger partial charge in [0.25, 0.3) is 0 Å². The van der Waals surface area contributed by atoms with Gasteiger partial charge in [-0.1, -0.05) is 36.4 Å². The Balaban J connectivity index is 2.00. The zero-order valence-electron chi connectivity index (χ0n) is 12.8. The van der Waals surface area contributed by atoms with Crippen LogP contribution in [0.15, 0.2) is 53.5 Å². The van der Waals surface area contributed by atoms with Crippen LogP contribution < -0.4 is 4.74 Å². The molecule has 0 radical (unpaired) electrons. The number of nitrogens with zero attached hydrogens (tertiary/aromatic N) is 1. The van der Waals surface area contributed by atoms with Crippen molar-refractivity contribution in [3.63, 3.8) is 0 Å². The average Bonchev–Trinajstić information content (AvgIpc) is 2.57. The number of hydrogen-bond acceptors (Lipinski definition) is 3. The predicted molar refractivity (Wildman–Crippen MR) is 88.7 cm³/mol. The molecule has 3 heteroatoms. The Morgan fingerprint density at radius 2 is 1.95 bits per heavy atom. The summed E-state index contributed by atoms with van der Waals surface area (Å²) in [5.74, 6) is 1.09. The molecule has 2 aromatic rings. The minimum Gasteiger partial charge on any atom is -0.497 e. The van der Waals surface area contributed by atoms with Crippen LogP contribution in [0.4, 0.5) is 0 Å². The molecule has 1 atom stereocenters. The molecule has 2 aromatic carbocycles. The molecule has 1 aliphatic carbocycles. The van der Waals surface area contributed by atoms with Gasteiger partial charge in [0.2, 0.25) is 0 Å². The largest absolute Gasteiger partial charge is 0.497 e. The first-order valence-electron chi connectivity index (χ1n) is 7.66. The van der Waals surface area contributed by atoms with E-state index in [1.807, 2.05) is 12.1 Å². The molecule has 0 aromatic heterocycles. The number of fused-ring (bicyclic) bond motifs is 1. The summed E-state index contributed by atoms with van der Waals surface area (Å²) in [5, 5.41) is 9.24. The molecular weight excluding hydrogens is 274 g/mol. The van der Waals surface area contributed by atoms with Gasteiger partial charge in [0.1, 0.15) is 12.5 Å². The smallest absolute Gasteiger partial charge is 0.134 e. The van der Waals surface area contributed by atoms with Crippen molar-refractivity contribution >= 4 is 5.71 Å². The summed E-state index contributed by atoms with van der Waals surface area (Å²) in [5.41, 5.74) is 5.01. The number of rotatable bonds is 4. The van der Waals surface area contributed by atoms with E-state index in [9.17, 15) is 5.11 Å². The lowest BCUT2D eigenvalue weighted by Gasteiger charge is -2.28. The highest BCUT2D eigenvalue weighted by atomic mass is 16.5. The van der Waals surface area contributed by atoms with Crippen molar-refractivity contribution in [2.45, 2.75) is 25.2 Å². The Morgan fingerprint density at radius 1 is 1.14 bits per heavy atom. The van der Waals surface area contributed by atoms with Gasteiger partial charge < -0.3 is 9.84 Å². The Hall–Kier alpha value is -2.13. The molecule has 0 saturated heterocycles. The van der Waals surface area contributed by atoms with E-state index in [1.54, 1.807) is 7.11 Å². The summed E-state index contributed by atoms with van der Waals surface area (Å²) in [6.07, 6.45) is 2.79. The van der Waals surface area contributed by atoms with E-state index >= 15 is 0 Å². The Kier molecular flexibility index (Phi) is 4.54. The van der Waals surface area contributed by atoms with Crippen molar-refractivity contribution in [1.29, 1.82) is 0 Å². The van der Waals surface area contributed by atoms with Crippen LogP contribution >= 0.6 is 0 Å². The first-order valence-corrected chi connectivity index (χ1v) is 7.66. The average molecular weight is 295 g/mol. The molecule has 0 saturated carbocycles. The first kappa shape index (κ1) is 14.8. The summed E-state index contributed by atoms with van der Waals surface area (Å²) < 4.78 is 5.38. The summed E-state index contributed by atoms with van der Waals surface area (Å²) in [4.78, 5) is 4.35. The number of aliphatic hydroxyl groups is 1. The molecule has 1 aliphatic rings. The quantitative estimate of drug-likeness (QED) is 0.939. The monoisotopic (exact) mass is 295 g/mol. The number of methoxy groups -OCH3 is 1. The van der Waals surface area contributed by atoms with Crippen LogP contribution in [0.1, 0.15) is 29.0 Å². The van der Waals surface area contributed by atoms with E-state index in [2.05, 4.69) is 41.4 Å². The van der Waals surface area contributed by atoms with Crippen molar-refractivity contribution in [1.82, 2.24) is 0 Å². The zero-order valence-corrected chi connectivity index (χ0v) is 12.8. The lowest BCUT2D eigenvalue weighted by molar-refractivity contribution is 0.308. The fourth-order valence-electron chi connectivity index (χ4n) is 3.23. The van der Waals surface area contributed by atoms with E-state index in [4.69, 9.17) is 4.74 Å². The number of hydrogen-bond donors (Lipinski definition) is 1. The highest BCUT2D eigenvalue weighted by Crippen LogP contribution is 2.35. The van der Waals surface area contributed by atoms with Gasteiger partial charge in [-0.15, -0.1) is 0 Å². The van der Waals surface area contributed by atoms with E-state index in [0.717, 1.165) is 30.7 Å². The third-order valence-electron chi connectivity index (χ3n) is 4.34. The SMILES string of the molecule is COc1ccc2c(c1)C(Cc1ccccc1)/C(=N/CO)CC2. The van der Waals surface area contributed by atoms with E-state index < -0.39 is 0 Å². The molecular formula is C19H21NO2. The van der Waals surface area contributed by atoms with Gasteiger partial charge in [0, 0.05) is 11.6 Å². The molecule has 0 aliphatic heterocycles. The highest BCUT2D eigenvalue weighted by Gasteiger charge is 2.26. The summed E-state index contributed by atoms with van der Waals surface area (Å²) >= 11 is 0. The van der Waals surface area contributed by atoms with Crippen LogP contribution in [-0.4, -0.2) is 24.7 Å². The van der Waals surface area contributed by atoms with Crippen molar-refractivity contribution in [3.05, 3.63) is 65.2 Å². The lowest BCUT2D eigenvalue weighted by Crippen LogP contribution is -2.23. The van der Waals surface area contributed by atoms with Crippen molar-refractivity contribution in [2.75, 3.05) is 13.8 Å². The van der Waals surface area contributed by atoms with Crippen molar-refractivity contribution < 1.29 is 9.84 Å². The molecule has 1 unspecified atom stereocenters. The summed E-state index contributed by atoms with van der Waals surface area (Å²) in [6, 6.07) is 16.7. The fourth-order valence-corrected chi connectivity index (χ4v) is 3.23. The third kappa shape index (κ3) is 3.04.